The van der Waals surface area contributed by atoms with Gasteiger partial charge in [-0.2, -0.15) is 0 Å². The molecule has 0 aliphatic carbocycles. The van der Waals surface area contributed by atoms with Crippen LogP contribution in [0.2, 0.25) is 0 Å². The minimum atomic E-state index is -0.405. The Hall–Kier alpha value is -1.51. The first-order chi connectivity index (χ1) is 7.17. The third-order valence-corrected chi connectivity index (χ3v) is 2.21. The van der Waals surface area contributed by atoms with E-state index in [2.05, 4.69) is 5.32 Å². The van der Waals surface area contributed by atoms with Gasteiger partial charge in [0, 0.05) is 7.05 Å². The van der Waals surface area contributed by atoms with Gasteiger partial charge in [0.1, 0.15) is 5.75 Å². The SMILES string of the molecule is CC[C@H](Oc1ccc(C)cc1)C(=O)NC. The molecule has 1 aromatic rings. The molecule has 15 heavy (non-hydrogen) atoms. The summed E-state index contributed by atoms with van der Waals surface area (Å²) in [6.07, 6.45) is 0.255. The predicted molar refractivity (Wildman–Crippen MR) is 60.0 cm³/mol. The molecule has 1 aromatic carbocycles. The van der Waals surface area contributed by atoms with E-state index in [4.69, 9.17) is 4.74 Å². The number of carbonyl (C=O) groups excluding carboxylic acids is 1. The molecule has 0 spiro atoms. The Kier molecular flexibility index (Phi) is 4.16. The number of aryl methyl sites for hydroxylation is 1. The standard InChI is InChI=1S/C12H17NO2/c1-4-11(12(14)13-3)15-10-7-5-9(2)6-8-10/h5-8,11H,4H2,1-3H3,(H,13,14)/t11-/m0/s1. The van der Waals surface area contributed by atoms with Gasteiger partial charge in [-0.1, -0.05) is 24.6 Å². The maximum absolute atomic E-state index is 11.4. The van der Waals surface area contributed by atoms with Crippen LogP contribution in [0.25, 0.3) is 0 Å². The molecule has 1 rings (SSSR count). The second kappa shape index (κ2) is 5.39. The molecule has 0 unspecified atom stereocenters. The van der Waals surface area contributed by atoms with Crippen molar-refractivity contribution in [3.8, 4) is 5.75 Å². The van der Waals surface area contributed by atoms with Crippen LogP contribution in [0.1, 0.15) is 18.9 Å². The number of benzene rings is 1. The average molecular weight is 207 g/mol. The smallest absolute Gasteiger partial charge is 0.260 e. The highest BCUT2D eigenvalue weighted by atomic mass is 16.5. The van der Waals surface area contributed by atoms with Crippen LogP contribution in [0.4, 0.5) is 0 Å². The van der Waals surface area contributed by atoms with Gasteiger partial charge in [0.2, 0.25) is 0 Å². The third kappa shape index (κ3) is 3.27. The lowest BCUT2D eigenvalue weighted by molar-refractivity contribution is -0.127. The molecule has 0 radical (unpaired) electrons. The van der Waals surface area contributed by atoms with Crippen LogP contribution < -0.4 is 10.1 Å². The van der Waals surface area contributed by atoms with E-state index in [1.54, 1.807) is 7.05 Å². The Labute approximate surface area is 90.4 Å². The fourth-order valence-corrected chi connectivity index (χ4v) is 1.26. The number of rotatable bonds is 4. The Morgan fingerprint density at radius 3 is 2.47 bits per heavy atom. The summed E-state index contributed by atoms with van der Waals surface area (Å²) >= 11 is 0. The quantitative estimate of drug-likeness (QED) is 0.819. The number of hydrogen-bond acceptors (Lipinski definition) is 2. The second-order valence-corrected chi connectivity index (χ2v) is 3.44. The molecule has 0 aromatic heterocycles. The summed E-state index contributed by atoms with van der Waals surface area (Å²) in [6.45, 7) is 3.94. The highest BCUT2D eigenvalue weighted by molar-refractivity contribution is 5.80. The maximum Gasteiger partial charge on any atom is 0.260 e. The fourth-order valence-electron chi connectivity index (χ4n) is 1.26. The van der Waals surface area contributed by atoms with Crippen molar-refractivity contribution in [2.45, 2.75) is 26.4 Å². The normalized spacial score (nSPS) is 11.9. The Balaban J connectivity index is 2.66. The number of likely N-dealkylation sites (N-methyl/N-ethyl adjacent to an activating group) is 1. The van der Waals surface area contributed by atoms with E-state index in [9.17, 15) is 4.79 Å². The van der Waals surface area contributed by atoms with E-state index in [1.807, 2.05) is 38.1 Å². The first kappa shape index (κ1) is 11.6. The van der Waals surface area contributed by atoms with E-state index in [1.165, 1.54) is 5.56 Å². The van der Waals surface area contributed by atoms with Crippen LogP contribution in [0.15, 0.2) is 24.3 Å². The van der Waals surface area contributed by atoms with Gasteiger partial charge in [0.05, 0.1) is 0 Å². The maximum atomic E-state index is 11.4. The first-order valence-electron chi connectivity index (χ1n) is 5.12. The van der Waals surface area contributed by atoms with Crippen molar-refractivity contribution >= 4 is 5.91 Å². The summed E-state index contributed by atoms with van der Waals surface area (Å²) in [5.74, 6) is 0.647. The summed E-state index contributed by atoms with van der Waals surface area (Å²) < 4.78 is 5.56. The monoisotopic (exact) mass is 207 g/mol. The van der Waals surface area contributed by atoms with E-state index >= 15 is 0 Å². The molecule has 3 heteroatoms. The van der Waals surface area contributed by atoms with Crippen LogP contribution in [-0.2, 0) is 4.79 Å². The number of ether oxygens (including phenoxy) is 1. The van der Waals surface area contributed by atoms with Crippen molar-refractivity contribution in [3.05, 3.63) is 29.8 Å². The molecule has 1 amide bonds. The van der Waals surface area contributed by atoms with E-state index in [0.717, 1.165) is 5.75 Å². The van der Waals surface area contributed by atoms with E-state index in [-0.39, 0.29) is 5.91 Å². The van der Waals surface area contributed by atoms with Crippen molar-refractivity contribution in [1.82, 2.24) is 5.32 Å². The highest BCUT2D eigenvalue weighted by Crippen LogP contribution is 2.14. The molecule has 0 fully saturated rings. The predicted octanol–water partition coefficient (Wildman–Crippen LogP) is 1.90. The van der Waals surface area contributed by atoms with Crippen molar-refractivity contribution in [3.63, 3.8) is 0 Å². The fraction of sp³-hybridized carbons (Fsp3) is 0.417. The lowest BCUT2D eigenvalue weighted by Gasteiger charge is -2.15. The second-order valence-electron chi connectivity index (χ2n) is 3.44. The molecule has 1 atom stereocenters. The van der Waals surface area contributed by atoms with Gasteiger partial charge < -0.3 is 10.1 Å². The van der Waals surface area contributed by atoms with Gasteiger partial charge in [0.15, 0.2) is 6.10 Å². The van der Waals surface area contributed by atoms with Crippen LogP contribution in [0.3, 0.4) is 0 Å². The summed E-state index contributed by atoms with van der Waals surface area (Å²) in [5.41, 5.74) is 1.18. The molecule has 0 heterocycles. The summed E-state index contributed by atoms with van der Waals surface area (Å²) in [7, 11) is 1.61. The average Bonchev–Trinajstić information content (AvgIpc) is 2.27. The zero-order valence-corrected chi connectivity index (χ0v) is 9.41. The minimum absolute atomic E-state index is 0.0851. The number of nitrogens with one attached hydrogen (secondary N) is 1. The Bertz CT molecular complexity index is 319. The van der Waals surface area contributed by atoms with Gasteiger partial charge in [-0.15, -0.1) is 0 Å². The molecule has 0 aliphatic heterocycles. The van der Waals surface area contributed by atoms with Crippen molar-refractivity contribution in [1.29, 1.82) is 0 Å². The topological polar surface area (TPSA) is 38.3 Å². The van der Waals surface area contributed by atoms with Gasteiger partial charge in [-0.05, 0) is 25.5 Å². The Morgan fingerprint density at radius 2 is 2.00 bits per heavy atom. The third-order valence-electron chi connectivity index (χ3n) is 2.21. The van der Waals surface area contributed by atoms with Crippen LogP contribution in [0.5, 0.6) is 5.75 Å². The zero-order chi connectivity index (χ0) is 11.3. The van der Waals surface area contributed by atoms with E-state index < -0.39 is 6.10 Å². The molecule has 0 bridgehead atoms. The van der Waals surface area contributed by atoms with Crippen LogP contribution in [0, 0.1) is 6.92 Å². The van der Waals surface area contributed by atoms with E-state index in [0.29, 0.717) is 6.42 Å². The number of hydrogen-bond donors (Lipinski definition) is 1. The van der Waals surface area contributed by atoms with Crippen LogP contribution >= 0.6 is 0 Å². The van der Waals surface area contributed by atoms with Gasteiger partial charge in [0.25, 0.3) is 5.91 Å². The summed E-state index contributed by atoms with van der Waals surface area (Å²) in [5, 5.41) is 2.58. The molecule has 82 valence electrons. The lowest BCUT2D eigenvalue weighted by Crippen LogP contribution is -2.35. The minimum Gasteiger partial charge on any atom is -0.481 e. The lowest BCUT2D eigenvalue weighted by atomic mass is 10.2. The number of amides is 1. The zero-order valence-electron chi connectivity index (χ0n) is 9.41. The molecule has 0 saturated heterocycles. The number of carbonyl (C=O) groups is 1. The molecular formula is C12H17NO2. The van der Waals surface area contributed by atoms with Gasteiger partial charge in [-0.25, -0.2) is 0 Å². The summed E-state index contributed by atoms with van der Waals surface area (Å²) in [4.78, 5) is 11.4. The van der Waals surface area contributed by atoms with Gasteiger partial charge in [-0.3, -0.25) is 4.79 Å². The first-order valence-corrected chi connectivity index (χ1v) is 5.12. The summed E-state index contributed by atoms with van der Waals surface area (Å²) in [6, 6.07) is 7.68. The molecule has 3 nitrogen and oxygen atoms in total. The molecular weight excluding hydrogens is 190 g/mol. The Morgan fingerprint density at radius 1 is 1.40 bits per heavy atom. The molecule has 0 saturated carbocycles. The largest absolute Gasteiger partial charge is 0.481 e. The van der Waals surface area contributed by atoms with Crippen LogP contribution in [-0.4, -0.2) is 19.1 Å². The van der Waals surface area contributed by atoms with Gasteiger partial charge >= 0.3 is 0 Å². The molecule has 0 aliphatic rings. The van der Waals surface area contributed by atoms with Crippen molar-refractivity contribution < 1.29 is 9.53 Å². The molecule has 1 N–H and O–H groups in total. The highest BCUT2D eigenvalue weighted by Gasteiger charge is 2.16. The van der Waals surface area contributed by atoms with Crippen molar-refractivity contribution in [2.75, 3.05) is 7.05 Å². The van der Waals surface area contributed by atoms with Crippen molar-refractivity contribution in [2.24, 2.45) is 0 Å².